The molecule has 0 bridgehead atoms. The van der Waals surface area contributed by atoms with Gasteiger partial charge in [-0.25, -0.2) is 12.8 Å². The molecular formula is C36H37ClFN3O4S. The second-order valence-electron chi connectivity index (χ2n) is 11.5. The van der Waals surface area contributed by atoms with Crippen LogP contribution in [0.1, 0.15) is 43.2 Å². The van der Waals surface area contributed by atoms with E-state index in [0.29, 0.717) is 10.6 Å². The van der Waals surface area contributed by atoms with Crippen molar-refractivity contribution in [3.8, 4) is 0 Å². The normalized spacial score (nSPS) is 14.3. The summed E-state index contributed by atoms with van der Waals surface area (Å²) in [6.07, 6.45) is 5.09. The Morgan fingerprint density at radius 2 is 1.43 bits per heavy atom. The standard InChI is InChI=1S/C36H37ClFN3O4S/c37-33-19-11-10-14-28(33)25-40(34(24-27-12-4-1-5-13-27)36(43)39-30-15-6-2-7-16-30)35(42)26-41(31-17-8-3-9-18-31)46(44,45)32-22-20-29(38)21-23-32/h1,3-5,8-14,17-23,30,34H,2,6-7,15-16,24-26H2,(H,39,43)/t34-/m1/s1. The van der Waals surface area contributed by atoms with Gasteiger partial charge in [-0.3, -0.25) is 13.9 Å². The first kappa shape index (κ1) is 33.2. The van der Waals surface area contributed by atoms with Gasteiger partial charge in [-0.1, -0.05) is 97.6 Å². The molecule has 0 unspecified atom stereocenters. The lowest BCUT2D eigenvalue weighted by Gasteiger charge is -2.35. The number of halogens is 2. The number of rotatable bonds is 12. The maximum Gasteiger partial charge on any atom is 0.264 e. The van der Waals surface area contributed by atoms with Gasteiger partial charge in [0, 0.05) is 24.0 Å². The Bertz CT molecular complexity index is 1720. The summed E-state index contributed by atoms with van der Waals surface area (Å²) in [5.41, 5.74) is 1.72. The van der Waals surface area contributed by atoms with Crippen molar-refractivity contribution in [3.63, 3.8) is 0 Å². The van der Waals surface area contributed by atoms with Crippen molar-refractivity contribution >= 4 is 39.1 Å². The predicted molar refractivity (Wildman–Crippen MR) is 178 cm³/mol. The molecule has 0 radical (unpaired) electrons. The van der Waals surface area contributed by atoms with Crippen molar-refractivity contribution < 1.29 is 22.4 Å². The average molecular weight is 662 g/mol. The van der Waals surface area contributed by atoms with E-state index < -0.39 is 34.3 Å². The molecule has 1 fully saturated rings. The van der Waals surface area contributed by atoms with Gasteiger partial charge >= 0.3 is 0 Å². The lowest BCUT2D eigenvalue weighted by molar-refractivity contribution is -0.140. The lowest BCUT2D eigenvalue weighted by Crippen LogP contribution is -2.55. The first-order valence-corrected chi connectivity index (χ1v) is 17.2. The van der Waals surface area contributed by atoms with Crippen molar-refractivity contribution in [2.45, 2.75) is 62.0 Å². The molecule has 0 aromatic heterocycles. The van der Waals surface area contributed by atoms with Crippen LogP contribution in [0.4, 0.5) is 10.1 Å². The number of anilines is 1. The first-order chi connectivity index (χ1) is 22.2. The molecule has 4 aromatic rings. The molecule has 2 amide bonds. The highest BCUT2D eigenvalue weighted by atomic mass is 35.5. The van der Waals surface area contributed by atoms with Crippen molar-refractivity contribution in [2.75, 3.05) is 10.8 Å². The molecule has 0 spiro atoms. The number of sulfonamides is 1. The minimum Gasteiger partial charge on any atom is -0.352 e. The third-order valence-corrected chi connectivity index (χ3v) is 10.4. The fraction of sp³-hybridized carbons (Fsp3) is 0.278. The number of carbonyl (C=O) groups is 2. The van der Waals surface area contributed by atoms with Gasteiger partial charge in [0.1, 0.15) is 18.4 Å². The van der Waals surface area contributed by atoms with Gasteiger partial charge in [0.15, 0.2) is 0 Å². The largest absolute Gasteiger partial charge is 0.352 e. The Morgan fingerprint density at radius 3 is 2.09 bits per heavy atom. The fourth-order valence-electron chi connectivity index (χ4n) is 5.77. The van der Waals surface area contributed by atoms with Crippen LogP contribution in [0.15, 0.2) is 114 Å². The summed E-state index contributed by atoms with van der Waals surface area (Å²) in [5.74, 6) is -1.47. The molecule has 1 saturated carbocycles. The Balaban J connectivity index is 1.55. The van der Waals surface area contributed by atoms with E-state index >= 15 is 0 Å². The molecule has 0 heterocycles. The summed E-state index contributed by atoms with van der Waals surface area (Å²) < 4.78 is 42.8. The summed E-state index contributed by atoms with van der Waals surface area (Å²) in [7, 11) is -4.32. The predicted octanol–water partition coefficient (Wildman–Crippen LogP) is 6.76. The molecule has 1 N–H and O–H groups in total. The van der Waals surface area contributed by atoms with E-state index in [-0.39, 0.29) is 35.5 Å². The van der Waals surface area contributed by atoms with Crippen LogP contribution in [0.2, 0.25) is 5.02 Å². The number of amides is 2. The van der Waals surface area contributed by atoms with Crippen LogP contribution in [0, 0.1) is 5.82 Å². The highest BCUT2D eigenvalue weighted by Crippen LogP contribution is 2.26. The zero-order valence-corrected chi connectivity index (χ0v) is 27.0. The molecule has 1 atom stereocenters. The second kappa shape index (κ2) is 15.4. The number of para-hydroxylation sites is 1. The van der Waals surface area contributed by atoms with Crippen LogP contribution < -0.4 is 9.62 Å². The van der Waals surface area contributed by atoms with Crippen LogP contribution in [0.25, 0.3) is 0 Å². The summed E-state index contributed by atoms with van der Waals surface area (Å²) in [6.45, 7) is -0.622. The summed E-state index contributed by atoms with van der Waals surface area (Å²) >= 11 is 6.56. The van der Waals surface area contributed by atoms with E-state index in [1.807, 2.05) is 30.3 Å². The smallest absolute Gasteiger partial charge is 0.264 e. The van der Waals surface area contributed by atoms with Gasteiger partial charge in [-0.2, -0.15) is 0 Å². The van der Waals surface area contributed by atoms with E-state index in [9.17, 15) is 22.4 Å². The van der Waals surface area contributed by atoms with Crippen LogP contribution in [-0.4, -0.2) is 43.8 Å². The molecule has 0 aliphatic heterocycles. The van der Waals surface area contributed by atoms with Crippen molar-refractivity contribution in [1.29, 1.82) is 0 Å². The molecule has 10 heteroatoms. The van der Waals surface area contributed by atoms with Gasteiger partial charge in [-0.05, 0) is 66.4 Å². The minimum atomic E-state index is -4.32. The molecule has 4 aromatic carbocycles. The second-order valence-corrected chi connectivity index (χ2v) is 13.7. The minimum absolute atomic E-state index is 0.00328. The maximum absolute atomic E-state index is 14.5. The third kappa shape index (κ3) is 8.33. The van der Waals surface area contributed by atoms with E-state index in [4.69, 9.17) is 11.6 Å². The van der Waals surface area contributed by atoms with E-state index in [0.717, 1.165) is 54.1 Å². The van der Waals surface area contributed by atoms with Crippen LogP contribution >= 0.6 is 11.6 Å². The highest BCUT2D eigenvalue weighted by Gasteiger charge is 2.35. The number of nitrogens with one attached hydrogen (secondary N) is 1. The Labute approximate surface area is 275 Å². The lowest BCUT2D eigenvalue weighted by atomic mass is 9.94. The zero-order chi connectivity index (χ0) is 32.5. The summed E-state index contributed by atoms with van der Waals surface area (Å²) in [4.78, 5) is 29.9. The van der Waals surface area contributed by atoms with Crippen molar-refractivity contribution in [3.05, 3.63) is 131 Å². The van der Waals surface area contributed by atoms with Crippen molar-refractivity contribution in [1.82, 2.24) is 10.2 Å². The Hall–Kier alpha value is -4.21. The van der Waals surface area contributed by atoms with Gasteiger partial charge in [-0.15, -0.1) is 0 Å². The molecule has 1 aliphatic rings. The topological polar surface area (TPSA) is 86.8 Å². The van der Waals surface area contributed by atoms with E-state index in [1.165, 1.54) is 17.0 Å². The average Bonchev–Trinajstić information content (AvgIpc) is 3.07. The van der Waals surface area contributed by atoms with Crippen LogP contribution in [0.5, 0.6) is 0 Å². The Morgan fingerprint density at radius 1 is 0.826 bits per heavy atom. The van der Waals surface area contributed by atoms with Gasteiger partial charge in [0.25, 0.3) is 10.0 Å². The monoisotopic (exact) mass is 661 g/mol. The zero-order valence-electron chi connectivity index (χ0n) is 25.4. The first-order valence-electron chi connectivity index (χ1n) is 15.4. The number of nitrogens with zero attached hydrogens (tertiary/aromatic N) is 2. The molecule has 240 valence electrons. The molecule has 46 heavy (non-hydrogen) atoms. The molecule has 5 rings (SSSR count). The van der Waals surface area contributed by atoms with Gasteiger partial charge in [0.2, 0.25) is 11.8 Å². The van der Waals surface area contributed by atoms with Gasteiger partial charge < -0.3 is 10.2 Å². The van der Waals surface area contributed by atoms with Crippen LogP contribution in [-0.2, 0) is 32.6 Å². The maximum atomic E-state index is 14.5. The van der Waals surface area contributed by atoms with Crippen molar-refractivity contribution in [2.24, 2.45) is 0 Å². The highest BCUT2D eigenvalue weighted by molar-refractivity contribution is 7.92. The molecule has 7 nitrogen and oxygen atoms in total. The molecule has 0 saturated heterocycles. The molecular weight excluding hydrogens is 625 g/mol. The summed E-state index contributed by atoms with van der Waals surface area (Å²) in [6, 6.07) is 28.3. The quantitative estimate of drug-likeness (QED) is 0.182. The molecule has 1 aliphatic carbocycles. The van der Waals surface area contributed by atoms with E-state index in [2.05, 4.69) is 5.32 Å². The van der Waals surface area contributed by atoms with E-state index in [1.54, 1.807) is 54.6 Å². The number of carbonyl (C=O) groups excluding carboxylic acids is 2. The summed E-state index contributed by atoms with van der Waals surface area (Å²) in [5, 5.41) is 3.61. The van der Waals surface area contributed by atoms with Gasteiger partial charge in [0.05, 0.1) is 10.6 Å². The number of hydrogen-bond donors (Lipinski definition) is 1. The Kier molecular flexibility index (Phi) is 11.1. The number of hydrogen-bond acceptors (Lipinski definition) is 4. The fourth-order valence-corrected chi connectivity index (χ4v) is 7.37. The SMILES string of the molecule is O=C(NC1CCCCC1)[C@@H](Cc1ccccc1)N(Cc1ccccc1Cl)C(=O)CN(c1ccccc1)S(=O)(=O)c1ccc(F)cc1. The number of benzene rings is 4. The van der Waals surface area contributed by atoms with Crippen LogP contribution in [0.3, 0.4) is 0 Å². The third-order valence-electron chi connectivity index (χ3n) is 8.25.